The van der Waals surface area contributed by atoms with Crippen LogP contribution in [0.25, 0.3) is 0 Å². The molecule has 4 unspecified atom stereocenters. The molecule has 0 aromatic rings. The number of hydrogen-bond acceptors (Lipinski definition) is 13. The summed E-state index contributed by atoms with van der Waals surface area (Å²) in [5.41, 5.74) is 0. The van der Waals surface area contributed by atoms with Gasteiger partial charge in [-0.05, 0) is 50.4 Å². The van der Waals surface area contributed by atoms with Gasteiger partial charge in [-0.15, -0.1) is 0 Å². The molecule has 0 aliphatic heterocycles. The van der Waals surface area contributed by atoms with Crippen LogP contribution in [0.3, 0.4) is 0 Å². The van der Waals surface area contributed by atoms with Crippen LogP contribution in [0.4, 0.5) is 0 Å². The molecule has 0 radical (unpaired) electrons. The Bertz CT molecular complexity index is 842. The Labute approximate surface area is 290 Å². The summed E-state index contributed by atoms with van der Waals surface area (Å²) in [7, 11) is 0. The monoisotopic (exact) mass is 698 g/mol. The second kappa shape index (κ2) is 29.5. The maximum atomic E-state index is 11.3. The van der Waals surface area contributed by atoms with Gasteiger partial charge in [0, 0.05) is 37.5 Å². The van der Waals surface area contributed by atoms with Crippen molar-refractivity contribution in [3.8, 4) is 0 Å². The summed E-state index contributed by atoms with van der Waals surface area (Å²) >= 11 is 0. The van der Waals surface area contributed by atoms with E-state index in [1.54, 1.807) is 0 Å². The summed E-state index contributed by atoms with van der Waals surface area (Å²) in [5.74, 6) is -2.69. The van der Waals surface area contributed by atoms with Crippen molar-refractivity contribution in [1.82, 2.24) is 0 Å². The van der Waals surface area contributed by atoms with Gasteiger partial charge in [0.15, 0.2) is 0 Å². The minimum Gasteiger partial charge on any atom is -0.460 e. The summed E-state index contributed by atoms with van der Waals surface area (Å²) in [6.45, 7) is 13.8. The average Bonchev–Trinajstić information content (AvgIpc) is 3.09. The lowest BCUT2D eigenvalue weighted by Crippen LogP contribution is -2.26. The smallest absolute Gasteiger partial charge is 0.330 e. The zero-order chi connectivity index (χ0) is 36.9. The van der Waals surface area contributed by atoms with E-state index < -0.39 is 48.3 Å². The van der Waals surface area contributed by atoms with Gasteiger partial charge < -0.3 is 44.1 Å². The van der Waals surface area contributed by atoms with E-state index in [-0.39, 0.29) is 38.3 Å². The zero-order valence-corrected chi connectivity index (χ0v) is 28.8. The minimum absolute atomic E-state index is 0.0915. The Kier molecular flexibility index (Phi) is 27.5. The van der Waals surface area contributed by atoms with E-state index in [9.17, 15) is 39.6 Å². The molecule has 4 N–H and O–H groups in total. The van der Waals surface area contributed by atoms with Gasteiger partial charge in [0.25, 0.3) is 0 Å². The number of esters is 4. The second-order valence-electron chi connectivity index (χ2n) is 11.9. The molecule has 4 atom stereocenters. The Morgan fingerprint density at radius 1 is 0.449 bits per heavy atom. The Balaban J connectivity index is 4.50. The van der Waals surface area contributed by atoms with E-state index in [1.807, 2.05) is 0 Å². The molecular formula is C36H58O13. The number of carbonyl (C=O) groups is 4. The molecular weight excluding hydrogens is 640 g/mol. The molecule has 0 spiro atoms. The highest BCUT2D eigenvalue weighted by molar-refractivity contribution is 5.82. The van der Waals surface area contributed by atoms with Crippen LogP contribution in [0.1, 0.15) is 77.0 Å². The lowest BCUT2D eigenvalue weighted by molar-refractivity contribution is -0.142. The van der Waals surface area contributed by atoms with Crippen LogP contribution < -0.4 is 0 Å². The van der Waals surface area contributed by atoms with Gasteiger partial charge in [0.1, 0.15) is 26.4 Å². The lowest BCUT2D eigenvalue weighted by Gasteiger charge is -2.23. The maximum absolute atomic E-state index is 11.3. The van der Waals surface area contributed by atoms with Crippen LogP contribution in [0, 0.1) is 11.8 Å². The molecule has 0 saturated heterocycles. The first-order chi connectivity index (χ1) is 23.4. The van der Waals surface area contributed by atoms with Crippen molar-refractivity contribution in [3.05, 3.63) is 50.6 Å². The molecule has 0 rings (SSSR count). The number of hydrogen-bond donors (Lipinski definition) is 4. The third-order valence-corrected chi connectivity index (χ3v) is 7.56. The fourth-order valence-corrected chi connectivity index (χ4v) is 5.15. The van der Waals surface area contributed by atoms with Crippen molar-refractivity contribution in [2.24, 2.45) is 11.8 Å². The quantitative estimate of drug-likeness (QED) is 0.0346. The third-order valence-electron chi connectivity index (χ3n) is 7.56. The number of aliphatic hydroxyl groups is 4. The minimum atomic E-state index is -0.908. The van der Waals surface area contributed by atoms with Gasteiger partial charge in [-0.3, -0.25) is 0 Å². The van der Waals surface area contributed by atoms with Crippen molar-refractivity contribution < 1.29 is 63.3 Å². The second-order valence-corrected chi connectivity index (χ2v) is 11.9. The fraction of sp³-hybridized carbons (Fsp3) is 0.667. The van der Waals surface area contributed by atoms with Gasteiger partial charge in [-0.2, -0.15) is 0 Å². The van der Waals surface area contributed by atoms with Crippen molar-refractivity contribution in [1.29, 1.82) is 0 Å². The standard InChI is InChI=1S/C36H58O13/c1-5-33(41)46-23-29(37)19-27(20-30(38)24-47-34(42)6-2)15-11-9-13-17-45-18-14-10-12-16-28(21-31(39)25-48-35(43)7-3)22-32(40)26-49-36(44)8-4/h5-8,27-32,37-40H,1-4,9-26H2. The highest BCUT2D eigenvalue weighted by Gasteiger charge is 2.21. The number of ether oxygens (including phenoxy) is 5. The van der Waals surface area contributed by atoms with E-state index >= 15 is 0 Å². The summed E-state index contributed by atoms with van der Waals surface area (Å²) < 4.78 is 25.4. The first-order valence-electron chi connectivity index (χ1n) is 16.9. The van der Waals surface area contributed by atoms with Crippen molar-refractivity contribution in [2.75, 3.05) is 39.6 Å². The predicted octanol–water partition coefficient (Wildman–Crippen LogP) is 3.28. The van der Waals surface area contributed by atoms with E-state index in [0.717, 1.165) is 62.8 Å². The molecule has 0 aliphatic carbocycles. The van der Waals surface area contributed by atoms with E-state index in [1.165, 1.54) is 0 Å². The van der Waals surface area contributed by atoms with Gasteiger partial charge in [-0.25, -0.2) is 19.2 Å². The third kappa shape index (κ3) is 27.2. The summed E-state index contributed by atoms with van der Waals surface area (Å²) in [6.07, 6.45) is 8.12. The predicted molar refractivity (Wildman–Crippen MR) is 182 cm³/mol. The molecule has 0 amide bonds. The number of unbranched alkanes of at least 4 members (excludes halogenated alkanes) is 4. The van der Waals surface area contributed by atoms with Crippen molar-refractivity contribution >= 4 is 23.9 Å². The van der Waals surface area contributed by atoms with Crippen LogP contribution in [0.5, 0.6) is 0 Å². The molecule has 0 aromatic carbocycles. The Morgan fingerprint density at radius 2 is 0.714 bits per heavy atom. The SMILES string of the molecule is C=CC(=O)OCC(O)CC(CCCCCOCCCCCC(CC(O)COC(=O)C=C)CC(O)COC(=O)C=C)CC(O)COC(=O)C=C. The summed E-state index contributed by atoms with van der Waals surface area (Å²) in [6, 6.07) is 0. The van der Waals surface area contributed by atoms with Crippen LogP contribution in [0.15, 0.2) is 50.6 Å². The van der Waals surface area contributed by atoms with Crippen LogP contribution in [-0.2, 0) is 42.9 Å². The molecule has 13 heteroatoms. The van der Waals surface area contributed by atoms with Crippen molar-refractivity contribution in [3.63, 3.8) is 0 Å². The van der Waals surface area contributed by atoms with Gasteiger partial charge in [-0.1, -0.05) is 64.8 Å². The Hall–Kier alpha value is -3.36. The molecule has 0 heterocycles. The zero-order valence-electron chi connectivity index (χ0n) is 28.8. The number of aliphatic hydroxyl groups excluding tert-OH is 4. The molecule has 13 nitrogen and oxygen atoms in total. The first-order valence-corrected chi connectivity index (χ1v) is 16.9. The van der Waals surface area contributed by atoms with E-state index in [0.29, 0.717) is 51.7 Å². The fourth-order valence-electron chi connectivity index (χ4n) is 5.15. The molecule has 0 fully saturated rings. The van der Waals surface area contributed by atoms with Crippen LogP contribution in [0.2, 0.25) is 0 Å². The molecule has 0 bridgehead atoms. The summed E-state index contributed by atoms with van der Waals surface area (Å²) in [5, 5.41) is 41.3. The number of rotatable bonds is 32. The van der Waals surface area contributed by atoms with Gasteiger partial charge >= 0.3 is 23.9 Å². The van der Waals surface area contributed by atoms with Gasteiger partial charge in [0.2, 0.25) is 0 Å². The van der Waals surface area contributed by atoms with Crippen LogP contribution >= 0.6 is 0 Å². The first kappa shape index (κ1) is 45.6. The maximum Gasteiger partial charge on any atom is 0.330 e. The molecule has 0 saturated carbocycles. The normalized spacial score (nSPS) is 14.6. The highest BCUT2D eigenvalue weighted by Crippen LogP contribution is 2.23. The molecule has 0 aliphatic rings. The topological polar surface area (TPSA) is 195 Å². The lowest BCUT2D eigenvalue weighted by atomic mass is 9.90. The molecule has 0 aromatic heterocycles. The van der Waals surface area contributed by atoms with Crippen molar-refractivity contribution in [2.45, 2.75) is 101 Å². The van der Waals surface area contributed by atoms with E-state index in [2.05, 4.69) is 26.3 Å². The molecule has 49 heavy (non-hydrogen) atoms. The van der Waals surface area contributed by atoms with Crippen LogP contribution in [-0.4, -0.2) is 108 Å². The summed E-state index contributed by atoms with van der Waals surface area (Å²) in [4.78, 5) is 45.2. The Morgan fingerprint density at radius 3 is 0.959 bits per heavy atom. The molecule has 280 valence electrons. The average molecular weight is 699 g/mol. The largest absolute Gasteiger partial charge is 0.460 e. The highest BCUT2D eigenvalue weighted by atomic mass is 16.6. The van der Waals surface area contributed by atoms with E-state index in [4.69, 9.17) is 23.7 Å². The van der Waals surface area contributed by atoms with Gasteiger partial charge in [0.05, 0.1) is 24.4 Å². The number of carbonyl (C=O) groups excluding carboxylic acids is 4.